The molecule has 2 rings (SSSR count). The van der Waals surface area contributed by atoms with Gasteiger partial charge in [-0.05, 0) is 12.8 Å². The lowest BCUT2D eigenvalue weighted by atomic mass is 9.91. The summed E-state index contributed by atoms with van der Waals surface area (Å²) in [7, 11) is 2.13. The fourth-order valence-corrected chi connectivity index (χ4v) is 4.01. The largest absolute Gasteiger partial charge is 0.348 e. The van der Waals surface area contributed by atoms with E-state index in [-0.39, 0.29) is 5.41 Å². The van der Waals surface area contributed by atoms with Crippen molar-refractivity contribution in [2.24, 2.45) is 0 Å². The van der Waals surface area contributed by atoms with Gasteiger partial charge in [0.25, 0.3) is 0 Å². The first kappa shape index (κ1) is 15.5. The maximum Gasteiger partial charge on any atom is 0.186 e. The number of carbonyl (C=O) groups excluding carboxylic acids is 1. The van der Waals surface area contributed by atoms with Crippen LogP contribution in [0.25, 0.3) is 0 Å². The van der Waals surface area contributed by atoms with Gasteiger partial charge in [-0.1, -0.05) is 57.8 Å². The maximum absolute atomic E-state index is 11.3. The Kier molecular flexibility index (Phi) is 4.84. The summed E-state index contributed by atoms with van der Waals surface area (Å²) in [5.41, 5.74) is 0.864. The second-order valence-corrected chi connectivity index (χ2v) is 7.84. The highest BCUT2D eigenvalue weighted by molar-refractivity contribution is 7.17. The van der Waals surface area contributed by atoms with Gasteiger partial charge in [0.05, 0.1) is 10.6 Å². The molecule has 112 valence electrons. The molecule has 0 aromatic carbocycles. The van der Waals surface area contributed by atoms with Crippen LogP contribution in [0.5, 0.6) is 0 Å². The molecule has 1 heterocycles. The number of aldehydes is 1. The van der Waals surface area contributed by atoms with Crippen LogP contribution in [0.1, 0.15) is 74.7 Å². The standard InChI is InChI=1S/C16H26N2OS/c1-16(2,3)14-13(11-19)20-15(17-14)18(4)12-9-7-5-6-8-10-12/h11-12H,5-10H2,1-4H3. The Morgan fingerprint density at radius 1 is 1.20 bits per heavy atom. The summed E-state index contributed by atoms with van der Waals surface area (Å²) in [6, 6.07) is 0.580. The van der Waals surface area contributed by atoms with Crippen LogP contribution >= 0.6 is 11.3 Å². The number of carbonyl (C=O) groups is 1. The van der Waals surface area contributed by atoms with Crippen molar-refractivity contribution in [3.8, 4) is 0 Å². The molecule has 1 saturated carbocycles. The fraction of sp³-hybridized carbons (Fsp3) is 0.750. The summed E-state index contributed by atoms with van der Waals surface area (Å²) in [6.45, 7) is 6.35. The predicted molar refractivity (Wildman–Crippen MR) is 86.1 cm³/mol. The molecule has 0 saturated heterocycles. The Bertz CT molecular complexity index is 454. The van der Waals surface area contributed by atoms with Gasteiger partial charge in [-0.3, -0.25) is 4.79 Å². The van der Waals surface area contributed by atoms with Crippen molar-refractivity contribution in [2.45, 2.75) is 70.8 Å². The number of thiazole rings is 1. The topological polar surface area (TPSA) is 33.2 Å². The lowest BCUT2D eigenvalue weighted by molar-refractivity contribution is 0.112. The maximum atomic E-state index is 11.3. The molecule has 3 nitrogen and oxygen atoms in total. The zero-order chi connectivity index (χ0) is 14.8. The van der Waals surface area contributed by atoms with E-state index in [0.29, 0.717) is 6.04 Å². The van der Waals surface area contributed by atoms with Gasteiger partial charge < -0.3 is 4.90 Å². The highest BCUT2D eigenvalue weighted by atomic mass is 32.1. The molecule has 1 aliphatic carbocycles. The molecule has 0 aliphatic heterocycles. The Hall–Kier alpha value is -0.900. The molecule has 0 N–H and O–H groups in total. The molecular weight excluding hydrogens is 268 g/mol. The minimum absolute atomic E-state index is 0.0741. The van der Waals surface area contributed by atoms with Crippen molar-refractivity contribution in [1.29, 1.82) is 0 Å². The van der Waals surface area contributed by atoms with Gasteiger partial charge in [-0.25, -0.2) is 4.98 Å². The first-order chi connectivity index (χ1) is 9.43. The number of hydrogen-bond acceptors (Lipinski definition) is 4. The third-order valence-corrected chi connectivity index (χ3v) is 5.21. The molecular formula is C16H26N2OS. The van der Waals surface area contributed by atoms with Crippen LogP contribution < -0.4 is 4.90 Å². The van der Waals surface area contributed by atoms with Gasteiger partial charge in [0.2, 0.25) is 0 Å². The summed E-state index contributed by atoms with van der Waals surface area (Å²) in [5.74, 6) is 0. The van der Waals surface area contributed by atoms with Crippen molar-refractivity contribution in [3.05, 3.63) is 10.6 Å². The van der Waals surface area contributed by atoms with E-state index >= 15 is 0 Å². The third kappa shape index (κ3) is 3.40. The molecule has 20 heavy (non-hydrogen) atoms. The fourth-order valence-electron chi connectivity index (χ4n) is 2.89. The van der Waals surface area contributed by atoms with Crippen molar-refractivity contribution in [1.82, 2.24) is 4.98 Å². The summed E-state index contributed by atoms with van der Waals surface area (Å²) in [4.78, 5) is 19.2. The Balaban J connectivity index is 2.23. The molecule has 1 aromatic rings. The van der Waals surface area contributed by atoms with Crippen LogP contribution in [0.2, 0.25) is 0 Å². The Morgan fingerprint density at radius 2 is 1.80 bits per heavy atom. The van der Waals surface area contributed by atoms with Crippen molar-refractivity contribution in [2.75, 3.05) is 11.9 Å². The Morgan fingerprint density at radius 3 is 2.25 bits per heavy atom. The van der Waals surface area contributed by atoms with E-state index in [1.54, 1.807) is 11.3 Å². The number of hydrogen-bond donors (Lipinski definition) is 0. The van der Waals surface area contributed by atoms with Crippen molar-refractivity contribution in [3.63, 3.8) is 0 Å². The monoisotopic (exact) mass is 294 g/mol. The Labute approximate surface area is 126 Å². The minimum Gasteiger partial charge on any atom is -0.348 e. The highest BCUT2D eigenvalue weighted by Gasteiger charge is 2.26. The van der Waals surface area contributed by atoms with E-state index < -0.39 is 0 Å². The van der Waals surface area contributed by atoms with Crippen molar-refractivity contribution < 1.29 is 4.79 Å². The van der Waals surface area contributed by atoms with Gasteiger partial charge in [0, 0.05) is 18.5 Å². The average Bonchev–Trinajstić information content (AvgIpc) is 2.66. The number of anilines is 1. The molecule has 1 fully saturated rings. The minimum atomic E-state index is -0.0741. The molecule has 0 atom stereocenters. The SMILES string of the molecule is CN(c1nc(C(C)(C)C)c(C=O)s1)C1CCCCCC1. The molecule has 0 radical (unpaired) electrons. The summed E-state index contributed by atoms with van der Waals surface area (Å²) < 4.78 is 0. The van der Waals surface area contributed by atoms with Crippen LogP contribution in [0, 0.1) is 0 Å². The van der Waals surface area contributed by atoms with Gasteiger partial charge in [0.15, 0.2) is 11.4 Å². The summed E-state index contributed by atoms with van der Waals surface area (Å²) in [5, 5.41) is 1.00. The zero-order valence-corrected chi connectivity index (χ0v) is 13.9. The lowest BCUT2D eigenvalue weighted by Crippen LogP contribution is -2.31. The molecule has 0 unspecified atom stereocenters. The highest BCUT2D eigenvalue weighted by Crippen LogP contribution is 2.34. The van der Waals surface area contributed by atoms with Crippen LogP contribution in [0.3, 0.4) is 0 Å². The van der Waals surface area contributed by atoms with E-state index in [0.717, 1.165) is 22.0 Å². The molecule has 0 amide bonds. The lowest BCUT2D eigenvalue weighted by Gasteiger charge is -2.26. The molecule has 4 heteroatoms. The first-order valence-electron chi connectivity index (χ1n) is 7.63. The quantitative estimate of drug-likeness (QED) is 0.611. The van der Waals surface area contributed by atoms with Crippen molar-refractivity contribution >= 4 is 22.8 Å². The molecule has 1 aliphatic rings. The smallest absolute Gasteiger partial charge is 0.186 e. The number of aromatic nitrogens is 1. The van der Waals surface area contributed by atoms with E-state index in [1.165, 1.54) is 38.5 Å². The van der Waals surface area contributed by atoms with Gasteiger partial charge in [0.1, 0.15) is 0 Å². The number of rotatable bonds is 3. The predicted octanol–water partition coefficient (Wildman–Crippen LogP) is 4.41. The summed E-state index contributed by atoms with van der Waals surface area (Å²) in [6.07, 6.45) is 8.79. The van der Waals surface area contributed by atoms with Crippen LogP contribution in [-0.4, -0.2) is 24.4 Å². The zero-order valence-electron chi connectivity index (χ0n) is 13.1. The average molecular weight is 294 g/mol. The normalized spacial score (nSPS) is 17.8. The van der Waals surface area contributed by atoms with E-state index in [9.17, 15) is 4.79 Å². The second-order valence-electron chi connectivity index (χ2n) is 6.83. The van der Waals surface area contributed by atoms with E-state index in [4.69, 9.17) is 4.98 Å². The van der Waals surface area contributed by atoms with E-state index in [2.05, 4.69) is 32.7 Å². The van der Waals surface area contributed by atoms with Crippen LogP contribution in [0.4, 0.5) is 5.13 Å². The third-order valence-electron chi connectivity index (χ3n) is 4.13. The van der Waals surface area contributed by atoms with Gasteiger partial charge in [-0.15, -0.1) is 0 Å². The van der Waals surface area contributed by atoms with Gasteiger partial charge in [-0.2, -0.15) is 0 Å². The molecule has 0 spiro atoms. The first-order valence-corrected chi connectivity index (χ1v) is 8.44. The molecule has 1 aromatic heterocycles. The van der Waals surface area contributed by atoms with Crippen LogP contribution in [-0.2, 0) is 5.41 Å². The number of nitrogens with zero attached hydrogens (tertiary/aromatic N) is 2. The second kappa shape index (κ2) is 6.25. The van der Waals surface area contributed by atoms with Crippen LogP contribution in [0.15, 0.2) is 0 Å². The van der Waals surface area contributed by atoms with Gasteiger partial charge >= 0.3 is 0 Å². The van der Waals surface area contributed by atoms with E-state index in [1.807, 2.05) is 0 Å². The summed E-state index contributed by atoms with van der Waals surface area (Å²) >= 11 is 1.54. The molecule has 0 bridgehead atoms.